The van der Waals surface area contributed by atoms with Crippen molar-refractivity contribution in [3.63, 3.8) is 0 Å². The monoisotopic (exact) mass is 396 g/mol. The standard InChI is InChI=1S/C18H36O7S/c1-2-3-4-5-6-7-8-9-10-11-12-13-14-15-16-17(18(19)20)24-25-26(21,22)23/h17H,2-16H2,1H3,(H,19,20)(H,21,22,23). The SMILES string of the molecule is CCCCCCCCCCCCCCCCC(OOS(=O)(=O)O)C(=O)O. The van der Waals surface area contributed by atoms with E-state index in [1.807, 2.05) is 0 Å². The summed E-state index contributed by atoms with van der Waals surface area (Å²) in [6.45, 7) is 2.23. The molecule has 156 valence electrons. The Balaban J connectivity index is 3.44. The second-order valence-corrected chi connectivity index (χ2v) is 7.80. The minimum absolute atomic E-state index is 0.142. The van der Waals surface area contributed by atoms with Crippen LogP contribution in [0, 0.1) is 0 Å². The summed E-state index contributed by atoms with van der Waals surface area (Å²) in [4.78, 5) is 15.1. The maximum atomic E-state index is 10.9. The maximum Gasteiger partial charge on any atom is 0.424 e. The highest BCUT2D eigenvalue weighted by Gasteiger charge is 2.21. The number of carboxylic acids is 1. The van der Waals surface area contributed by atoms with E-state index in [9.17, 15) is 13.2 Å². The molecule has 2 N–H and O–H groups in total. The molecule has 0 bridgehead atoms. The van der Waals surface area contributed by atoms with Crippen LogP contribution in [0.3, 0.4) is 0 Å². The highest BCUT2D eigenvalue weighted by molar-refractivity contribution is 7.80. The molecule has 0 rings (SSSR count). The van der Waals surface area contributed by atoms with Crippen LogP contribution in [0.15, 0.2) is 0 Å². The Hall–Kier alpha value is -0.700. The summed E-state index contributed by atoms with van der Waals surface area (Å²) in [7, 11) is -4.80. The van der Waals surface area contributed by atoms with Gasteiger partial charge in [0.05, 0.1) is 0 Å². The molecule has 0 saturated carbocycles. The van der Waals surface area contributed by atoms with Gasteiger partial charge in [-0.2, -0.15) is 8.42 Å². The van der Waals surface area contributed by atoms with Crippen LogP contribution in [0.4, 0.5) is 0 Å². The second kappa shape index (κ2) is 16.5. The molecule has 0 saturated heterocycles. The highest BCUT2D eigenvalue weighted by atomic mass is 32.3. The molecule has 1 unspecified atom stereocenters. The topological polar surface area (TPSA) is 110 Å². The van der Waals surface area contributed by atoms with Gasteiger partial charge in [-0.3, -0.25) is 4.55 Å². The van der Waals surface area contributed by atoms with Crippen LogP contribution in [-0.4, -0.2) is 30.2 Å². The normalized spacial score (nSPS) is 13.0. The van der Waals surface area contributed by atoms with E-state index in [1.165, 1.54) is 64.2 Å². The Morgan fingerprint density at radius 1 is 0.808 bits per heavy atom. The first-order chi connectivity index (χ1) is 12.4. The Kier molecular flexibility index (Phi) is 16.0. The number of unbranched alkanes of at least 4 members (excludes halogenated alkanes) is 13. The molecule has 0 amide bonds. The van der Waals surface area contributed by atoms with Gasteiger partial charge in [-0.15, -0.1) is 0 Å². The molecular weight excluding hydrogens is 360 g/mol. The average molecular weight is 397 g/mol. The summed E-state index contributed by atoms with van der Waals surface area (Å²) in [6, 6.07) is 0. The minimum atomic E-state index is -4.80. The molecule has 0 radical (unpaired) electrons. The van der Waals surface area contributed by atoms with Gasteiger partial charge in [-0.25, -0.2) is 9.68 Å². The summed E-state index contributed by atoms with van der Waals surface area (Å²) in [5.74, 6) is -1.32. The van der Waals surface area contributed by atoms with Gasteiger partial charge in [0.15, 0.2) is 6.10 Å². The Labute approximate surface area is 158 Å². The number of hydrogen-bond donors (Lipinski definition) is 2. The van der Waals surface area contributed by atoms with Crippen LogP contribution in [0.2, 0.25) is 0 Å². The first kappa shape index (κ1) is 25.3. The second-order valence-electron chi connectivity index (χ2n) is 6.80. The molecule has 26 heavy (non-hydrogen) atoms. The largest absolute Gasteiger partial charge is 0.479 e. The summed E-state index contributed by atoms with van der Waals surface area (Å²) in [6.07, 6.45) is 15.5. The van der Waals surface area contributed by atoms with Gasteiger partial charge < -0.3 is 5.11 Å². The predicted octanol–water partition coefficient (Wildman–Crippen LogP) is 5.06. The van der Waals surface area contributed by atoms with Crippen molar-refractivity contribution in [3.05, 3.63) is 0 Å². The van der Waals surface area contributed by atoms with Crippen LogP contribution in [-0.2, 0) is 24.4 Å². The van der Waals surface area contributed by atoms with Crippen LogP contribution in [0.25, 0.3) is 0 Å². The van der Waals surface area contributed by atoms with E-state index in [0.29, 0.717) is 6.42 Å². The van der Waals surface area contributed by atoms with Crippen LogP contribution in [0.1, 0.15) is 103 Å². The Bertz CT molecular complexity index is 437. The molecule has 0 heterocycles. The molecule has 8 heteroatoms. The predicted molar refractivity (Wildman–Crippen MR) is 100 cm³/mol. The molecule has 0 aliphatic carbocycles. The van der Waals surface area contributed by atoms with E-state index in [0.717, 1.165) is 19.3 Å². The molecule has 0 aromatic heterocycles. The van der Waals surface area contributed by atoms with Gasteiger partial charge in [0, 0.05) is 0 Å². The van der Waals surface area contributed by atoms with Gasteiger partial charge in [-0.05, 0) is 6.42 Å². The zero-order valence-corrected chi connectivity index (χ0v) is 16.8. The quantitative estimate of drug-likeness (QED) is 0.136. The van der Waals surface area contributed by atoms with Crippen molar-refractivity contribution in [3.8, 4) is 0 Å². The van der Waals surface area contributed by atoms with Crippen molar-refractivity contribution in [1.29, 1.82) is 0 Å². The van der Waals surface area contributed by atoms with E-state index in [2.05, 4.69) is 16.1 Å². The van der Waals surface area contributed by atoms with E-state index >= 15 is 0 Å². The third-order valence-corrected chi connectivity index (χ3v) is 4.59. The van der Waals surface area contributed by atoms with E-state index in [-0.39, 0.29) is 6.42 Å². The lowest BCUT2D eigenvalue weighted by atomic mass is 10.0. The minimum Gasteiger partial charge on any atom is -0.479 e. The van der Waals surface area contributed by atoms with Crippen molar-refractivity contribution in [1.82, 2.24) is 0 Å². The number of hydrogen-bond acceptors (Lipinski definition) is 5. The van der Waals surface area contributed by atoms with Crippen molar-refractivity contribution < 1.29 is 32.1 Å². The lowest BCUT2D eigenvalue weighted by Crippen LogP contribution is -2.25. The number of carboxylic acid groups (broad SMARTS) is 1. The van der Waals surface area contributed by atoms with Gasteiger partial charge in [0.25, 0.3) is 0 Å². The van der Waals surface area contributed by atoms with Gasteiger partial charge in [-0.1, -0.05) is 101 Å². The molecule has 7 nitrogen and oxygen atoms in total. The number of carbonyl (C=O) groups is 1. The van der Waals surface area contributed by atoms with E-state index in [1.54, 1.807) is 0 Å². The molecular formula is C18H36O7S. The summed E-state index contributed by atoms with van der Waals surface area (Å²) in [5, 5.41) is 8.89. The smallest absolute Gasteiger partial charge is 0.424 e. The third kappa shape index (κ3) is 18.1. The zero-order valence-electron chi connectivity index (χ0n) is 16.0. The maximum absolute atomic E-state index is 10.9. The van der Waals surface area contributed by atoms with E-state index < -0.39 is 22.5 Å². The lowest BCUT2D eigenvalue weighted by Gasteiger charge is -2.10. The van der Waals surface area contributed by atoms with Gasteiger partial charge in [0.1, 0.15) is 0 Å². The fourth-order valence-corrected chi connectivity index (χ4v) is 3.03. The molecule has 0 spiro atoms. The Morgan fingerprint density at radius 2 is 1.19 bits per heavy atom. The van der Waals surface area contributed by atoms with Crippen molar-refractivity contribution in [2.24, 2.45) is 0 Å². The van der Waals surface area contributed by atoms with Crippen molar-refractivity contribution in [2.45, 2.75) is 109 Å². The molecule has 0 aromatic rings. The summed E-state index contributed by atoms with van der Waals surface area (Å²) < 4.78 is 32.8. The summed E-state index contributed by atoms with van der Waals surface area (Å²) >= 11 is 0. The molecule has 0 fully saturated rings. The van der Waals surface area contributed by atoms with Crippen LogP contribution < -0.4 is 0 Å². The first-order valence-corrected chi connectivity index (χ1v) is 11.3. The molecule has 0 aromatic carbocycles. The average Bonchev–Trinajstić information content (AvgIpc) is 2.56. The highest BCUT2D eigenvalue weighted by Crippen LogP contribution is 2.14. The van der Waals surface area contributed by atoms with Crippen LogP contribution in [0.5, 0.6) is 0 Å². The van der Waals surface area contributed by atoms with Gasteiger partial charge >= 0.3 is 16.4 Å². The summed E-state index contributed by atoms with van der Waals surface area (Å²) in [5.41, 5.74) is 0. The Morgan fingerprint density at radius 3 is 1.54 bits per heavy atom. The molecule has 1 atom stereocenters. The molecule has 0 aliphatic heterocycles. The number of rotatable bonds is 19. The van der Waals surface area contributed by atoms with Gasteiger partial charge in [0.2, 0.25) is 0 Å². The zero-order chi connectivity index (χ0) is 19.7. The van der Waals surface area contributed by atoms with E-state index in [4.69, 9.17) is 9.66 Å². The van der Waals surface area contributed by atoms with Crippen molar-refractivity contribution >= 4 is 16.4 Å². The number of aliphatic carboxylic acids is 1. The lowest BCUT2D eigenvalue weighted by molar-refractivity contribution is -0.249. The fraction of sp³-hybridized carbons (Fsp3) is 0.944. The third-order valence-electron chi connectivity index (χ3n) is 4.34. The molecule has 0 aliphatic rings. The fourth-order valence-electron chi connectivity index (χ4n) is 2.83. The first-order valence-electron chi connectivity index (χ1n) is 9.92. The van der Waals surface area contributed by atoms with Crippen LogP contribution >= 0.6 is 0 Å². The van der Waals surface area contributed by atoms with Crippen molar-refractivity contribution in [2.75, 3.05) is 0 Å².